The Kier molecular flexibility index (Phi) is 7.62. The van der Waals surface area contributed by atoms with Crippen molar-refractivity contribution in [3.63, 3.8) is 0 Å². The van der Waals surface area contributed by atoms with E-state index in [2.05, 4.69) is 194 Å². The van der Waals surface area contributed by atoms with Gasteiger partial charge < -0.3 is 0 Å². The number of fused-ring (bicyclic) bond motifs is 8. The minimum atomic E-state index is 0.713. The summed E-state index contributed by atoms with van der Waals surface area (Å²) in [6, 6.07) is 70.2. The molecule has 3 heterocycles. The zero-order valence-electron chi connectivity index (χ0n) is 31.2. The van der Waals surface area contributed by atoms with E-state index in [1.54, 1.807) is 0 Å². The standard InChI is InChI=1S/C54H32N2S2/c1-2-13-33(14-3-1)35-27-29-38-36(31-35)28-30-42(39-20-10-16-34-15-4-5-17-37(34)39)51(38)54-55-47(45-23-11-21-43-40-18-6-8-25-49(40)57-52(43)45)32-48(56-54)46-24-12-22-44-41-19-7-9-26-50(41)58-53(44)46/h1-32H. The summed E-state index contributed by atoms with van der Waals surface area (Å²) in [5.74, 6) is 0.713. The quantitative estimate of drug-likeness (QED) is 0.174. The third-order valence-electron chi connectivity index (χ3n) is 11.5. The molecule has 0 fully saturated rings. The van der Waals surface area contributed by atoms with E-state index in [0.29, 0.717) is 5.82 Å². The van der Waals surface area contributed by atoms with Crippen LogP contribution in [0.2, 0.25) is 0 Å². The van der Waals surface area contributed by atoms with Crippen LogP contribution < -0.4 is 0 Å². The van der Waals surface area contributed by atoms with Gasteiger partial charge in [0.2, 0.25) is 0 Å². The van der Waals surface area contributed by atoms with Crippen LogP contribution in [0, 0.1) is 0 Å². The molecule has 0 aliphatic carbocycles. The molecule has 0 aliphatic heterocycles. The second-order valence-corrected chi connectivity index (χ2v) is 16.9. The summed E-state index contributed by atoms with van der Waals surface area (Å²) in [6.45, 7) is 0. The number of aromatic nitrogens is 2. The highest BCUT2D eigenvalue weighted by molar-refractivity contribution is 7.26. The second kappa shape index (κ2) is 13.3. The summed E-state index contributed by atoms with van der Waals surface area (Å²) in [5.41, 5.74) is 9.74. The van der Waals surface area contributed by atoms with Gasteiger partial charge in [-0.3, -0.25) is 0 Å². The van der Waals surface area contributed by atoms with Crippen LogP contribution in [0.25, 0.3) is 118 Å². The smallest absolute Gasteiger partial charge is 0.161 e. The molecule has 3 aromatic heterocycles. The van der Waals surface area contributed by atoms with Gasteiger partial charge in [-0.1, -0.05) is 170 Å². The maximum Gasteiger partial charge on any atom is 0.161 e. The molecule has 0 saturated carbocycles. The van der Waals surface area contributed by atoms with Gasteiger partial charge >= 0.3 is 0 Å². The Hall–Kier alpha value is -6.98. The van der Waals surface area contributed by atoms with E-state index in [1.165, 1.54) is 62.2 Å². The number of hydrogen-bond donors (Lipinski definition) is 0. The minimum absolute atomic E-state index is 0.713. The van der Waals surface area contributed by atoms with Crippen molar-refractivity contribution in [1.82, 2.24) is 9.97 Å². The summed E-state index contributed by atoms with van der Waals surface area (Å²) in [5, 5.41) is 9.72. The lowest BCUT2D eigenvalue weighted by molar-refractivity contribution is 1.19. The van der Waals surface area contributed by atoms with E-state index in [-0.39, 0.29) is 0 Å². The summed E-state index contributed by atoms with van der Waals surface area (Å²) < 4.78 is 5.02. The first-order chi connectivity index (χ1) is 28.7. The van der Waals surface area contributed by atoms with Crippen molar-refractivity contribution in [3.05, 3.63) is 194 Å². The molecule has 0 aliphatic rings. The highest BCUT2D eigenvalue weighted by Gasteiger charge is 2.22. The van der Waals surface area contributed by atoms with Crippen LogP contribution in [-0.2, 0) is 0 Å². The molecular weight excluding hydrogens is 741 g/mol. The van der Waals surface area contributed by atoms with Gasteiger partial charge in [0.15, 0.2) is 5.82 Å². The van der Waals surface area contributed by atoms with Crippen molar-refractivity contribution >= 4 is 84.6 Å². The molecule has 0 unspecified atom stereocenters. The van der Waals surface area contributed by atoms with Gasteiger partial charge in [-0.2, -0.15) is 0 Å². The largest absolute Gasteiger partial charge is 0.228 e. The van der Waals surface area contributed by atoms with Gasteiger partial charge in [-0.25, -0.2) is 9.97 Å². The molecule has 12 aromatic rings. The zero-order valence-corrected chi connectivity index (χ0v) is 32.8. The average Bonchev–Trinajstić information content (AvgIpc) is 3.87. The summed E-state index contributed by atoms with van der Waals surface area (Å²) in [6.07, 6.45) is 0. The van der Waals surface area contributed by atoms with Gasteiger partial charge in [-0.05, 0) is 68.1 Å². The third kappa shape index (κ3) is 5.30. The molecule has 9 aromatic carbocycles. The van der Waals surface area contributed by atoms with Crippen molar-refractivity contribution < 1.29 is 0 Å². The molecule has 0 atom stereocenters. The first-order valence-electron chi connectivity index (χ1n) is 19.6. The molecule has 0 saturated heterocycles. The monoisotopic (exact) mass is 772 g/mol. The average molecular weight is 773 g/mol. The van der Waals surface area contributed by atoms with Crippen molar-refractivity contribution in [2.45, 2.75) is 0 Å². The molecule has 0 bridgehead atoms. The summed E-state index contributed by atoms with van der Waals surface area (Å²) in [4.78, 5) is 11.3. The fraction of sp³-hybridized carbons (Fsp3) is 0. The van der Waals surface area contributed by atoms with E-state index in [4.69, 9.17) is 9.97 Å². The van der Waals surface area contributed by atoms with E-state index in [9.17, 15) is 0 Å². The summed E-state index contributed by atoms with van der Waals surface area (Å²) >= 11 is 3.67. The lowest BCUT2D eigenvalue weighted by atomic mass is 9.89. The lowest BCUT2D eigenvalue weighted by Crippen LogP contribution is -1.99. The number of rotatable bonds is 5. The maximum absolute atomic E-state index is 5.64. The SMILES string of the molecule is c1ccc(-c2ccc3c(-c4nc(-c5cccc6c5sc5ccccc56)cc(-c5cccc6c5sc5ccccc56)n4)c(-c4cccc5ccccc45)ccc3c2)cc1. The molecule has 2 nitrogen and oxygen atoms in total. The molecule has 58 heavy (non-hydrogen) atoms. The zero-order chi connectivity index (χ0) is 38.2. The molecule has 0 amide bonds. The minimum Gasteiger partial charge on any atom is -0.228 e. The van der Waals surface area contributed by atoms with Crippen LogP contribution in [0.5, 0.6) is 0 Å². The predicted molar refractivity (Wildman–Crippen MR) is 250 cm³/mol. The summed E-state index contributed by atoms with van der Waals surface area (Å²) in [7, 11) is 0. The van der Waals surface area contributed by atoms with Crippen LogP contribution in [-0.4, -0.2) is 9.97 Å². The molecular formula is C54H32N2S2. The van der Waals surface area contributed by atoms with Gasteiger partial charge in [0, 0.05) is 57.0 Å². The molecule has 12 rings (SSSR count). The molecule has 0 radical (unpaired) electrons. The van der Waals surface area contributed by atoms with Crippen LogP contribution in [0.1, 0.15) is 0 Å². The fourth-order valence-electron chi connectivity index (χ4n) is 8.80. The topological polar surface area (TPSA) is 25.8 Å². The lowest BCUT2D eigenvalue weighted by Gasteiger charge is -2.17. The van der Waals surface area contributed by atoms with Crippen molar-refractivity contribution in [2.24, 2.45) is 0 Å². The Bertz CT molecular complexity index is 3440. The van der Waals surface area contributed by atoms with Crippen LogP contribution in [0.15, 0.2) is 194 Å². The molecule has 0 N–H and O–H groups in total. The van der Waals surface area contributed by atoms with Gasteiger partial charge in [-0.15, -0.1) is 22.7 Å². The van der Waals surface area contributed by atoms with E-state index < -0.39 is 0 Å². The van der Waals surface area contributed by atoms with Crippen molar-refractivity contribution in [2.75, 3.05) is 0 Å². The molecule has 4 heteroatoms. The second-order valence-electron chi connectivity index (χ2n) is 14.8. The van der Waals surface area contributed by atoms with Gasteiger partial charge in [0.25, 0.3) is 0 Å². The van der Waals surface area contributed by atoms with Gasteiger partial charge in [0.1, 0.15) is 0 Å². The van der Waals surface area contributed by atoms with Crippen LogP contribution in [0.3, 0.4) is 0 Å². The Balaban J connectivity index is 1.19. The van der Waals surface area contributed by atoms with E-state index in [1.807, 2.05) is 22.7 Å². The van der Waals surface area contributed by atoms with Crippen LogP contribution in [0.4, 0.5) is 0 Å². The van der Waals surface area contributed by atoms with Gasteiger partial charge in [0.05, 0.1) is 11.4 Å². The van der Waals surface area contributed by atoms with E-state index >= 15 is 0 Å². The Labute approximate surface area is 343 Å². The first-order valence-corrected chi connectivity index (χ1v) is 21.2. The maximum atomic E-state index is 5.64. The predicted octanol–water partition coefficient (Wildman–Crippen LogP) is 15.9. The fourth-order valence-corrected chi connectivity index (χ4v) is 11.2. The third-order valence-corrected chi connectivity index (χ3v) is 14.0. The number of hydrogen-bond acceptors (Lipinski definition) is 4. The molecule has 0 spiro atoms. The Morgan fingerprint density at radius 2 is 0.862 bits per heavy atom. The Morgan fingerprint density at radius 1 is 0.310 bits per heavy atom. The van der Waals surface area contributed by atoms with E-state index in [0.717, 1.165) is 50.0 Å². The number of benzene rings is 9. The highest BCUT2D eigenvalue weighted by Crippen LogP contribution is 2.46. The van der Waals surface area contributed by atoms with Crippen molar-refractivity contribution in [1.29, 1.82) is 0 Å². The van der Waals surface area contributed by atoms with Crippen LogP contribution >= 0.6 is 22.7 Å². The van der Waals surface area contributed by atoms with Crippen molar-refractivity contribution in [3.8, 4) is 56.2 Å². The number of thiophene rings is 2. The Morgan fingerprint density at radius 3 is 1.55 bits per heavy atom. The normalized spacial score (nSPS) is 11.8. The molecule has 270 valence electrons. The number of nitrogens with zero attached hydrogens (tertiary/aromatic N) is 2. The first kappa shape index (κ1) is 33.2. The highest BCUT2D eigenvalue weighted by atomic mass is 32.1.